The van der Waals surface area contributed by atoms with Crippen LogP contribution >= 0.6 is 0 Å². The van der Waals surface area contributed by atoms with Crippen LogP contribution in [0.4, 0.5) is 17.1 Å². The van der Waals surface area contributed by atoms with Gasteiger partial charge in [0, 0.05) is 50.7 Å². The third-order valence-corrected chi connectivity index (χ3v) is 9.59. The minimum atomic E-state index is 0.844. The highest BCUT2D eigenvalue weighted by Gasteiger charge is 2.18. The molecule has 230 valence electrons. The largest absolute Gasteiger partial charge is 0.456 e. The quantitative estimate of drug-likeness (QED) is 0.190. The van der Waals surface area contributed by atoms with Crippen molar-refractivity contribution in [3.05, 3.63) is 176 Å². The molecule has 3 aromatic heterocycles. The highest BCUT2D eigenvalue weighted by molar-refractivity contribution is 6.14. The van der Waals surface area contributed by atoms with E-state index in [2.05, 4.69) is 155 Å². The van der Waals surface area contributed by atoms with Crippen LogP contribution in [0.25, 0.3) is 71.5 Å². The Labute approximate surface area is 282 Å². The van der Waals surface area contributed by atoms with E-state index in [1.54, 1.807) is 0 Å². The fraction of sp³-hybridized carbons (Fsp3) is 0. The van der Waals surface area contributed by atoms with Crippen LogP contribution < -0.4 is 4.90 Å². The Kier molecular flexibility index (Phi) is 6.15. The number of nitrogens with zero attached hydrogens (tertiary/aromatic N) is 3. The zero-order valence-electron chi connectivity index (χ0n) is 26.5. The second kappa shape index (κ2) is 11.0. The summed E-state index contributed by atoms with van der Waals surface area (Å²) < 4.78 is 8.56. The maximum atomic E-state index is 6.16. The molecule has 10 aromatic rings. The second-order valence-corrected chi connectivity index (χ2v) is 12.4. The van der Waals surface area contributed by atoms with Gasteiger partial charge in [0.05, 0.1) is 22.1 Å². The van der Waals surface area contributed by atoms with Gasteiger partial charge in [-0.2, -0.15) is 0 Å². The average Bonchev–Trinajstić information content (AvgIpc) is 3.70. The summed E-state index contributed by atoms with van der Waals surface area (Å²) in [5, 5.41) is 7.10. The van der Waals surface area contributed by atoms with Gasteiger partial charge in [0.2, 0.25) is 0 Å². The molecule has 0 saturated carbocycles. The molecule has 0 atom stereocenters. The van der Waals surface area contributed by atoms with Crippen LogP contribution in [0, 0.1) is 0 Å². The molecule has 0 N–H and O–H groups in total. The number of hydrogen-bond acceptors (Lipinski definition) is 3. The first-order valence-electron chi connectivity index (χ1n) is 16.5. The lowest BCUT2D eigenvalue weighted by Gasteiger charge is -2.26. The van der Waals surface area contributed by atoms with Crippen molar-refractivity contribution in [2.45, 2.75) is 0 Å². The summed E-state index contributed by atoms with van der Waals surface area (Å²) in [5.74, 6) is 0. The molecule has 0 unspecified atom stereocenters. The fourth-order valence-corrected chi connectivity index (χ4v) is 7.39. The molecule has 3 heterocycles. The zero-order valence-corrected chi connectivity index (χ0v) is 26.5. The average molecular weight is 628 g/mol. The monoisotopic (exact) mass is 627 g/mol. The van der Waals surface area contributed by atoms with E-state index >= 15 is 0 Å². The van der Waals surface area contributed by atoms with Crippen molar-refractivity contribution in [3.63, 3.8) is 0 Å². The molecule has 0 aliphatic carbocycles. The van der Waals surface area contributed by atoms with Gasteiger partial charge in [-0.25, -0.2) is 0 Å². The number of rotatable bonds is 5. The number of para-hydroxylation sites is 3. The molecule has 0 bridgehead atoms. The Balaban J connectivity index is 1.12. The Hall–Kier alpha value is -6.65. The Morgan fingerprint density at radius 1 is 0.469 bits per heavy atom. The predicted octanol–water partition coefficient (Wildman–Crippen LogP) is 12.4. The van der Waals surface area contributed by atoms with Gasteiger partial charge in [-0.1, -0.05) is 97.1 Å². The standard InChI is InChI=1S/C45H29N3O/c1-2-13-33(14-3-1)47(34-23-21-30(22-24-34)45-44-38-18-7-9-20-42(38)49-43(44)25-26-46-45)35-15-10-16-36(29-35)48-40-19-8-6-17-37(40)39-27-31-11-4-5-12-32(31)28-41(39)48/h1-29H. The molecule has 0 amide bonds. The van der Waals surface area contributed by atoms with Crippen molar-refractivity contribution in [2.24, 2.45) is 0 Å². The van der Waals surface area contributed by atoms with Crippen molar-refractivity contribution in [1.29, 1.82) is 0 Å². The maximum absolute atomic E-state index is 6.16. The van der Waals surface area contributed by atoms with Gasteiger partial charge < -0.3 is 13.9 Å². The third-order valence-electron chi connectivity index (χ3n) is 9.59. The van der Waals surface area contributed by atoms with Crippen LogP contribution in [0.15, 0.2) is 180 Å². The second-order valence-electron chi connectivity index (χ2n) is 12.4. The highest BCUT2D eigenvalue weighted by atomic mass is 16.3. The van der Waals surface area contributed by atoms with Crippen molar-refractivity contribution >= 4 is 71.6 Å². The lowest BCUT2D eigenvalue weighted by atomic mass is 10.0. The molecule has 7 aromatic carbocycles. The number of furan rings is 1. The molecule has 0 aliphatic rings. The number of fused-ring (bicyclic) bond motifs is 7. The first kappa shape index (κ1) is 27.5. The molecule has 0 aliphatic heterocycles. The molecule has 0 radical (unpaired) electrons. The van der Waals surface area contributed by atoms with Crippen LogP contribution in [-0.4, -0.2) is 9.55 Å². The normalized spacial score (nSPS) is 11.7. The molecular formula is C45H29N3O. The van der Waals surface area contributed by atoms with E-state index in [-0.39, 0.29) is 0 Å². The van der Waals surface area contributed by atoms with E-state index in [0.717, 1.165) is 55.9 Å². The van der Waals surface area contributed by atoms with Gasteiger partial charge in [0.25, 0.3) is 0 Å². The van der Waals surface area contributed by atoms with Crippen LogP contribution in [0.1, 0.15) is 0 Å². The topological polar surface area (TPSA) is 34.2 Å². The Morgan fingerprint density at radius 2 is 1.16 bits per heavy atom. The minimum Gasteiger partial charge on any atom is -0.456 e. The first-order chi connectivity index (χ1) is 24.3. The van der Waals surface area contributed by atoms with E-state index in [1.807, 2.05) is 30.5 Å². The van der Waals surface area contributed by atoms with Crippen LogP contribution in [-0.2, 0) is 0 Å². The number of pyridine rings is 1. The van der Waals surface area contributed by atoms with Crippen molar-refractivity contribution in [3.8, 4) is 16.9 Å². The van der Waals surface area contributed by atoms with Crippen LogP contribution in [0.5, 0.6) is 0 Å². The molecule has 4 nitrogen and oxygen atoms in total. The first-order valence-corrected chi connectivity index (χ1v) is 16.5. The summed E-state index contributed by atoms with van der Waals surface area (Å²) in [5.41, 5.74) is 10.4. The highest BCUT2D eigenvalue weighted by Crippen LogP contribution is 2.40. The number of anilines is 3. The molecule has 0 fully saturated rings. The number of aromatic nitrogens is 2. The smallest absolute Gasteiger partial charge is 0.139 e. The summed E-state index contributed by atoms with van der Waals surface area (Å²) in [6.45, 7) is 0. The van der Waals surface area contributed by atoms with E-state index in [4.69, 9.17) is 9.40 Å². The SMILES string of the molecule is c1ccc(N(c2ccc(-c3nccc4oc5ccccc5c34)cc2)c2cccc(-n3c4ccccc4c4cc5ccccc5cc43)c2)cc1. The fourth-order valence-electron chi connectivity index (χ4n) is 7.39. The van der Waals surface area contributed by atoms with Gasteiger partial charge in [0.1, 0.15) is 11.2 Å². The van der Waals surface area contributed by atoms with Crippen LogP contribution in [0.2, 0.25) is 0 Å². The van der Waals surface area contributed by atoms with E-state index < -0.39 is 0 Å². The summed E-state index contributed by atoms with van der Waals surface area (Å²) >= 11 is 0. The van der Waals surface area contributed by atoms with E-state index in [0.29, 0.717) is 0 Å². The summed E-state index contributed by atoms with van der Waals surface area (Å²) in [6.07, 6.45) is 1.83. The summed E-state index contributed by atoms with van der Waals surface area (Å²) in [6, 6.07) is 60.2. The van der Waals surface area contributed by atoms with Gasteiger partial charge in [-0.05, 0) is 83.6 Å². The number of benzene rings is 7. The van der Waals surface area contributed by atoms with Gasteiger partial charge in [-0.15, -0.1) is 0 Å². The van der Waals surface area contributed by atoms with E-state index in [9.17, 15) is 0 Å². The number of hydrogen-bond donors (Lipinski definition) is 0. The zero-order chi connectivity index (χ0) is 32.3. The Bertz CT molecular complexity index is 2830. The van der Waals surface area contributed by atoms with Gasteiger partial charge in [-0.3, -0.25) is 4.98 Å². The van der Waals surface area contributed by atoms with Gasteiger partial charge in [0.15, 0.2) is 0 Å². The molecule has 0 spiro atoms. The molecular weight excluding hydrogens is 599 g/mol. The molecule has 4 heteroatoms. The molecule has 10 rings (SSSR count). The molecule has 49 heavy (non-hydrogen) atoms. The lowest BCUT2D eigenvalue weighted by molar-refractivity contribution is 0.668. The minimum absolute atomic E-state index is 0.844. The predicted molar refractivity (Wildman–Crippen MR) is 203 cm³/mol. The van der Waals surface area contributed by atoms with Crippen molar-refractivity contribution in [2.75, 3.05) is 4.90 Å². The summed E-state index contributed by atoms with van der Waals surface area (Å²) in [7, 11) is 0. The lowest BCUT2D eigenvalue weighted by Crippen LogP contribution is -2.10. The van der Waals surface area contributed by atoms with E-state index in [1.165, 1.54) is 32.6 Å². The van der Waals surface area contributed by atoms with Crippen LogP contribution in [0.3, 0.4) is 0 Å². The maximum Gasteiger partial charge on any atom is 0.139 e. The van der Waals surface area contributed by atoms with Crippen molar-refractivity contribution < 1.29 is 4.42 Å². The Morgan fingerprint density at radius 3 is 2.02 bits per heavy atom. The molecule has 0 saturated heterocycles. The third kappa shape index (κ3) is 4.42. The van der Waals surface area contributed by atoms with Crippen molar-refractivity contribution in [1.82, 2.24) is 9.55 Å². The van der Waals surface area contributed by atoms with Gasteiger partial charge >= 0.3 is 0 Å². The summed E-state index contributed by atoms with van der Waals surface area (Å²) in [4.78, 5) is 7.14.